The highest BCUT2D eigenvalue weighted by Crippen LogP contribution is 2.33. The van der Waals surface area contributed by atoms with Crippen molar-refractivity contribution in [3.8, 4) is 17.1 Å². The van der Waals surface area contributed by atoms with Crippen LogP contribution in [0.15, 0.2) is 42.7 Å². The number of aromatic nitrogens is 2. The van der Waals surface area contributed by atoms with E-state index in [-0.39, 0.29) is 5.75 Å². The number of hydrogen-bond acceptors (Lipinski definition) is 3. The van der Waals surface area contributed by atoms with Crippen LogP contribution in [0.1, 0.15) is 108 Å². The fourth-order valence-corrected chi connectivity index (χ4v) is 5.20. The number of phenols is 1. The summed E-state index contributed by atoms with van der Waals surface area (Å²) in [6.07, 6.45) is 27.8. The SMILES string of the molecule is CCCCCCCc1cnc(-c2ccc(CC=CC3CCC(CCCCC)CC3)cc2O)nc1. The number of unbranched alkanes of at least 4 members (excludes halogenated alkanes) is 6. The molecule has 3 nitrogen and oxygen atoms in total. The molecule has 1 saturated carbocycles. The molecule has 0 atom stereocenters. The van der Waals surface area contributed by atoms with Gasteiger partial charge in [-0.1, -0.05) is 83.4 Å². The van der Waals surface area contributed by atoms with Crippen LogP contribution in [0.4, 0.5) is 0 Å². The summed E-state index contributed by atoms with van der Waals surface area (Å²) in [5, 5.41) is 10.6. The summed E-state index contributed by atoms with van der Waals surface area (Å²) in [7, 11) is 0. The van der Waals surface area contributed by atoms with E-state index in [0.29, 0.717) is 11.4 Å². The first-order valence-corrected chi connectivity index (χ1v) is 14.0. The summed E-state index contributed by atoms with van der Waals surface area (Å²) in [5.41, 5.74) is 3.02. The molecule has 1 aliphatic rings. The van der Waals surface area contributed by atoms with Crippen LogP contribution in [0, 0.1) is 11.8 Å². The number of phenolic OH excluding ortho intramolecular Hbond substituents is 1. The van der Waals surface area contributed by atoms with Crippen molar-refractivity contribution >= 4 is 0 Å². The molecule has 0 amide bonds. The van der Waals surface area contributed by atoms with Gasteiger partial charge in [0.05, 0.1) is 5.56 Å². The predicted octanol–water partition coefficient (Wildman–Crippen LogP) is 8.85. The molecule has 1 heterocycles. The molecule has 2 aromatic rings. The Morgan fingerprint density at radius 1 is 0.853 bits per heavy atom. The van der Waals surface area contributed by atoms with Gasteiger partial charge in [-0.3, -0.25) is 0 Å². The number of allylic oxidation sites excluding steroid dienone is 2. The number of aryl methyl sites for hydroxylation is 1. The molecule has 3 heteroatoms. The van der Waals surface area contributed by atoms with Gasteiger partial charge in [-0.25, -0.2) is 9.97 Å². The first kappa shape index (κ1) is 26.4. The molecule has 1 aromatic heterocycles. The van der Waals surface area contributed by atoms with E-state index in [4.69, 9.17) is 0 Å². The number of benzene rings is 1. The fraction of sp³-hybridized carbons (Fsp3) is 0.613. The third kappa shape index (κ3) is 8.89. The van der Waals surface area contributed by atoms with Gasteiger partial charge in [0.15, 0.2) is 5.82 Å². The maximum atomic E-state index is 10.6. The smallest absolute Gasteiger partial charge is 0.162 e. The highest BCUT2D eigenvalue weighted by molar-refractivity contribution is 5.64. The molecule has 1 aliphatic carbocycles. The Morgan fingerprint density at radius 3 is 2.26 bits per heavy atom. The minimum absolute atomic E-state index is 0.269. The normalized spacial score (nSPS) is 18.5. The zero-order chi connectivity index (χ0) is 24.0. The van der Waals surface area contributed by atoms with Gasteiger partial charge in [0, 0.05) is 12.4 Å². The summed E-state index contributed by atoms with van der Waals surface area (Å²) in [6.45, 7) is 4.53. The lowest BCUT2D eigenvalue weighted by atomic mass is 9.79. The van der Waals surface area contributed by atoms with Gasteiger partial charge in [0.25, 0.3) is 0 Å². The minimum Gasteiger partial charge on any atom is -0.507 e. The summed E-state index contributed by atoms with van der Waals surface area (Å²) in [6, 6.07) is 5.92. The van der Waals surface area contributed by atoms with Gasteiger partial charge < -0.3 is 5.11 Å². The molecule has 186 valence electrons. The van der Waals surface area contributed by atoms with E-state index in [1.54, 1.807) is 0 Å². The number of nitrogens with zero attached hydrogens (tertiary/aromatic N) is 2. The van der Waals surface area contributed by atoms with Gasteiger partial charge in [-0.2, -0.15) is 0 Å². The highest BCUT2D eigenvalue weighted by atomic mass is 16.3. The molecule has 1 aromatic carbocycles. The van der Waals surface area contributed by atoms with Crippen molar-refractivity contribution in [1.29, 1.82) is 0 Å². The average molecular weight is 463 g/mol. The quantitative estimate of drug-likeness (QED) is 0.225. The molecular formula is C31H46N2O. The lowest BCUT2D eigenvalue weighted by Gasteiger charge is -2.26. The third-order valence-electron chi connectivity index (χ3n) is 7.45. The molecule has 34 heavy (non-hydrogen) atoms. The largest absolute Gasteiger partial charge is 0.507 e. The third-order valence-corrected chi connectivity index (χ3v) is 7.45. The molecule has 3 rings (SSSR count). The molecule has 0 aliphatic heterocycles. The van der Waals surface area contributed by atoms with Crippen LogP contribution in [-0.4, -0.2) is 15.1 Å². The van der Waals surface area contributed by atoms with Crippen molar-refractivity contribution in [1.82, 2.24) is 9.97 Å². The van der Waals surface area contributed by atoms with E-state index in [9.17, 15) is 5.11 Å². The minimum atomic E-state index is 0.269. The Hall–Kier alpha value is -2.16. The molecular weight excluding hydrogens is 416 g/mol. The average Bonchev–Trinajstić information content (AvgIpc) is 2.86. The van der Waals surface area contributed by atoms with E-state index < -0.39 is 0 Å². The molecule has 0 unspecified atom stereocenters. The first-order chi connectivity index (χ1) is 16.7. The number of rotatable bonds is 14. The Morgan fingerprint density at radius 2 is 1.56 bits per heavy atom. The molecule has 0 saturated heterocycles. The van der Waals surface area contributed by atoms with Crippen LogP contribution in [0.3, 0.4) is 0 Å². The van der Waals surface area contributed by atoms with Crippen molar-refractivity contribution in [3.05, 3.63) is 53.9 Å². The van der Waals surface area contributed by atoms with E-state index in [1.165, 1.54) is 89.0 Å². The Balaban J connectivity index is 1.44. The van der Waals surface area contributed by atoms with E-state index in [0.717, 1.165) is 30.2 Å². The zero-order valence-electron chi connectivity index (χ0n) is 21.6. The van der Waals surface area contributed by atoms with Gasteiger partial charge in [-0.15, -0.1) is 0 Å². The molecule has 0 spiro atoms. The van der Waals surface area contributed by atoms with Crippen LogP contribution < -0.4 is 0 Å². The number of aromatic hydroxyl groups is 1. The van der Waals surface area contributed by atoms with Crippen LogP contribution in [0.5, 0.6) is 5.75 Å². The second kappa shape index (κ2) is 15.0. The summed E-state index contributed by atoms with van der Waals surface area (Å²) >= 11 is 0. The van der Waals surface area contributed by atoms with Gasteiger partial charge in [-0.05, 0) is 80.0 Å². The van der Waals surface area contributed by atoms with E-state index >= 15 is 0 Å². The van der Waals surface area contributed by atoms with Crippen LogP contribution in [-0.2, 0) is 12.8 Å². The summed E-state index contributed by atoms with van der Waals surface area (Å²) in [4.78, 5) is 9.04. The first-order valence-electron chi connectivity index (χ1n) is 14.0. The maximum absolute atomic E-state index is 10.6. The van der Waals surface area contributed by atoms with E-state index in [2.05, 4.69) is 42.0 Å². The molecule has 0 radical (unpaired) electrons. The van der Waals surface area contributed by atoms with E-state index in [1.807, 2.05) is 24.5 Å². The lowest BCUT2D eigenvalue weighted by molar-refractivity contribution is 0.289. The van der Waals surface area contributed by atoms with Gasteiger partial charge in [0.1, 0.15) is 5.75 Å². The highest BCUT2D eigenvalue weighted by Gasteiger charge is 2.18. The van der Waals surface area contributed by atoms with Gasteiger partial charge in [0.2, 0.25) is 0 Å². The Kier molecular flexibility index (Phi) is 11.6. The van der Waals surface area contributed by atoms with Crippen molar-refractivity contribution in [2.45, 2.75) is 110 Å². The van der Waals surface area contributed by atoms with Crippen molar-refractivity contribution < 1.29 is 5.11 Å². The maximum Gasteiger partial charge on any atom is 0.162 e. The van der Waals surface area contributed by atoms with Crippen molar-refractivity contribution in [2.24, 2.45) is 11.8 Å². The summed E-state index contributed by atoms with van der Waals surface area (Å²) < 4.78 is 0. The standard InChI is InChI=1S/C31H46N2O/c1-3-5-7-8-10-13-28-23-32-31(33-24-28)29-21-20-27(22-30(29)34)15-11-14-26-18-16-25(17-19-26)12-9-6-4-2/h11,14,20-26,34H,3-10,12-13,15-19H2,1-2H3. The molecule has 1 fully saturated rings. The fourth-order valence-electron chi connectivity index (χ4n) is 5.20. The molecule has 0 bridgehead atoms. The monoisotopic (exact) mass is 462 g/mol. The van der Waals surface area contributed by atoms with Crippen LogP contribution in [0.25, 0.3) is 11.4 Å². The lowest BCUT2D eigenvalue weighted by Crippen LogP contribution is -2.13. The van der Waals surface area contributed by atoms with Gasteiger partial charge >= 0.3 is 0 Å². The second-order valence-corrected chi connectivity index (χ2v) is 10.3. The number of hydrogen-bond donors (Lipinski definition) is 1. The Bertz CT molecular complexity index is 850. The topological polar surface area (TPSA) is 46.0 Å². The van der Waals surface area contributed by atoms with Crippen molar-refractivity contribution in [2.75, 3.05) is 0 Å². The van der Waals surface area contributed by atoms with Crippen LogP contribution in [0.2, 0.25) is 0 Å². The van der Waals surface area contributed by atoms with Crippen LogP contribution >= 0.6 is 0 Å². The second-order valence-electron chi connectivity index (χ2n) is 10.3. The Labute approximate surface area is 208 Å². The summed E-state index contributed by atoms with van der Waals surface area (Å²) in [5.74, 6) is 2.56. The molecule has 1 N–H and O–H groups in total. The zero-order valence-corrected chi connectivity index (χ0v) is 21.6. The predicted molar refractivity (Wildman–Crippen MR) is 144 cm³/mol. The van der Waals surface area contributed by atoms with Crippen molar-refractivity contribution in [3.63, 3.8) is 0 Å².